The van der Waals surface area contributed by atoms with Crippen LogP contribution in [-0.2, 0) is 0 Å². The van der Waals surface area contributed by atoms with E-state index in [1.54, 1.807) is 36.4 Å². The molecule has 0 radical (unpaired) electrons. The lowest BCUT2D eigenvalue weighted by Crippen LogP contribution is -2.06. The van der Waals surface area contributed by atoms with E-state index >= 15 is 0 Å². The lowest BCUT2D eigenvalue weighted by atomic mass is 10.1. The van der Waals surface area contributed by atoms with Gasteiger partial charge >= 0.3 is 0 Å². The number of fused-ring (bicyclic) bond motifs is 1. The molecule has 0 spiro atoms. The lowest BCUT2D eigenvalue weighted by molar-refractivity contribution is 1.49. The highest BCUT2D eigenvalue weighted by molar-refractivity contribution is 5.85. The molecule has 2 aromatic rings. The summed E-state index contributed by atoms with van der Waals surface area (Å²) < 4.78 is 0. The van der Waals surface area contributed by atoms with E-state index in [9.17, 15) is 0 Å². The van der Waals surface area contributed by atoms with Crippen molar-refractivity contribution in [3.05, 3.63) is 58.3 Å². The van der Waals surface area contributed by atoms with Crippen LogP contribution in [0, 0.1) is 40.6 Å². The van der Waals surface area contributed by atoms with Gasteiger partial charge in [0.15, 0.2) is 0 Å². The van der Waals surface area contributed by atoms with Crippen LogP contribution in [0.1, 0.15) is 0 Å². The summed E-state index contributed by atoms with van der Waals surface area (Å²) in [5.74, 6) is 0. The lowest BCUT2D eigenvalue weighted by Gasteiger charge is -1.98. The molecule has 0 saturated heterocycles. The fourth-order valence-corrected chi connectivity index (χ4v) is 1.86. The third kappa shape index (κ3) is 2.19. The Kier molecular flexibility index (Phi) is 3.45. The fourth-order valence-electron chi connectivity index (χ4n) is 1.86. The molecule has 0 aliphatic carbocycles. The average Bonchev–Trinajstić information content (AvgIpc) is 2.49. The second kappa shape index (κ2) is 5.36. The molecule has 0 aromatic heterocycles. The summed E-state index contributed by atoms with van der Waals surface area (Å²) >= 11 is 0. The Morgan fingerprint density at radius 1 is 0.850 bits per heavy atom. The SMILES string of the molecule is [C-]#[N+]/C(C#N)=c1\ccc2cc(=C(C#N)C#N)ccc2c1. The standard InChI is InChI=1S/C16H6N4/c1-20-16(10-19)14-5-4-11-6-13(15(8-17)9-18)3-2-12(11)7-14/h2-7H/b16-14+. The molecule has 2 rings (SSSR count). The summed E-state index contributed by atoms with van der Waals surface area (Å²) in [6, 6.07) is 15.9. The number of hydrogen-bond acceptors (Lipinski definition) is 3. The topological polar surface area (TPSA) is 75.7 Å². The maximum absolute atomic E-state index is 8.86. The van der Waals surface area contributed by atoms with Crippen molar-refractivity contribution in [1.29, 1.82) is 15.8 Å². The monoisotopic (exact) mass is 254 g/mol. The largest absolute Gasteiger partial charge is 0.268 e. The highest BCUT2D eigenvalue weighted by Gasteiger charge is 1.99. The van der Waals surface area contributed by atoms with Gasteiger partial charge in [0.25, 0.3) is 5.70 Å². The van der Waals surface area contributed by atoms with Gasteiger partial charge in [0, 0.05) is 5.22 Å². The summed E-state index contributed by atoms with van der Waals surface area (Å²) in [6.07, 6.45) is 0. The summed E-state index contributed by atoms with van der Waals surface area (Å²) in [4.78, 5) is 3.17. The number of nitrogens with zero attached hydrogens (tertiary/aromatic N) is 4. The van der Waals surface area contributed by atoms with Crippen molar-refractivity contribution in [2.75, 3.05) is 0 Å². The van der Waals surface area contributed by atoms with E-state index in [0.29, 0.717) is 10.4 Å². The first-order valence-corrected chi connectivity index (χ1v) is 5.59. The van der Waals surface area contributed by atoms with E-state index in [1.165, 1.54) is 0 Å². The molecule has 0 bridgehead atoms. The second-order valence-corrected chi connectivity index (χ2v) is 3.95. The quantitative estimate of drug-likeness (QED) is 0.670. The number of benzene rings is 2. The van der Waals surface area contributed by atoms with Crippen LogP contribution in [0.15, 0.2) is 36.4 Å². The fraction of sp³-hybridized carbons (Fsp3) is 0. The van der Waals surface area contributed by atoms with Gasteiger partial charge in [-0.3, -0.25) is 0 Å². The Morgan fingerprint density at radius 3 is 1.90 bits per heavy atom. The summed E-state index contributed by atoms with van der Waals surface area (Å²) in [5, 5.41) is 29.4. The predicted molar refractivity (Wildman–Crippen MR) is 73.5 cm³/mol. The molecule has 2 aromatic carbocycles. The molecule has 0 amide bonds. The number of hydrogen-bond donors (Lipinski definition) is 0. The van der Waals surface area contributed by atoms with Gasteiger partial charge in [0.2, 0.25) is 0 Å². The molecule has 4 nitrogen and oxygen atoms in total. The van der Waals surface area contributed by atoms with Crippen LogP contribution >= 0.6 is 0 Å². The Balaban J connectivity index is 2.84. The first-order chi connectivity index (χ1) is 9.73. The molecular formula is C16H6N4. The Labute approximate surface area is 115 Å². The van der Waals surface area contributed by atoms with Crippen molar-refractivity contribution in [2.24, 2.45) is 0 Å². The molecular weight excluding hydrogens is 248 g/mol. The van der Waals surface area contributed by atoms with Gasteiger partial charge < -0.3 is 0 Å². The van der Waals surface area contributed by atoms with Crippen molar-refractivity contribution in [3.8, 4) is 18.2 Å². The van der Waals surface area contributed by atoms with Crippen LogP contribution in [0.25, 0.3) is 26.9 Å². The molecule has 4 heteroatoms. The van der Waals surface area contributed by atoms with E-state index in [2.05, 4.69) is 4.85 Å². The van der Waals surface area contributed by atoms with Crippen molar-refractivity contribution < 1.29 is 0 Å². The molecule has 0 saturated carbocycles. The van der Waals surface area contributed by atoms with Crippen molar-refractivity contribution >= 4 is 22.0 Å². The maximum Gasteiger partial charge on any atom is 0.268 e. The smallest absolute Gasteiger partial charge is 0.226 e. The summed E-state index contributed by atoms with van der Waals surface area (Å²) in [7, 11) is 0. The zero-order valence-corrected chi connectivity index (χ0v) is 10.3. The predicted octanol–water partition coefficient (Wildman–Crippen LogP) is 1.59. The van der Waals surface area contributed by atoms with E-state index in [-0.39, 0.29) is 11.3 Å². The third-order valence-electron chi connectivity index (χ3n) is 2.84. The molecule has 0 aliphatic rings. The highest BCUT2D eigenvalue weighted by Crippen LogP contribution is 2.09. The van der Waals surface area contributed by atoms with E-state index < -0.39 is 0 Å². The Morgan fingerprint density at radius 2 is 1.40 bits per heavy atom. The zero-order valence-electron chi connectivity index (χ0n) is 10.3. The van der Waals surface area contributed by atoms with Gasteiger partial charge in [-0.2, -0.15) is 10.5 Å². The normalized spacial score (nSPS) is 10.6. The van der Waals surface area contributed by atoms with Crippen molar-refractivity contribution in [3.63, 3.8) is 0 Å². The van der Waals surface area contributed by atoms with Gasteiger partial charge in [0.05, 0.1) is 12.6 Å². The van der Waals surface area contributed by atoms with Gasteiger partial charge in [-0.1, -0.05) is 30.3 Å². The van der Waals surface area contributed by atoms with Crippen LogP contribution in [0.5, 0.6) is 0 Å². The molecule has 0 unspecified atom stereocenters. The molecule has 0 heterocycles. The minimum atomic E-state index is 0.0391. The minimum Gasteiger partial charge on any atom is -0.226 e. The van der Waals surface area contributed by atoms with Crippen LogP contribution < -0.4 is 10.4 Å². The Hall–Kier alpha value is -3.60. The zero-order chi connectivity index (χ0) is 14.5. The first-order valence-electron chi connectivity index (χ1n) is 5.59. The van der Waals surface area contributed by atoms with Gasteiger partial charge in [-0.25, -0.2) is 10.1 Å². The van der Waals surface area contributed by atoms with Crippen LogP contribution in [0.2, 0.25) is 0 Å². The molecule has 0 N–H and O–H groups in total. The molecule has 20 heavy (non-hydrogen) atoms. The second-order valence-electron chi connectivity index (χ2n) is 3.95. The van der Waals surface area contributed by atoms with E-state index in [0.717, 1.165) is 10.8 Å². The number of rotatable bonds is 0. The number of nitriles is 3. The van der Waals surface area contributed by atoms with Crippen LogP contribution in [-0.4, -0.2) is 0 Å². The van der Waals surface area contributed by atoms with Gasteiger partial charge in [0.1, 0.15) is 17.7 Å². The maximum atomic E-state index is 8.86. The molecule has 0 fully saturated rings. The first kappa shape index (κ1) is 12.8. The van der Waals surface area contributed by atoms with Crippen LogP contribution in [0.4, 0.5) is 0 Å². The summed E-state index contributed by atoms with van der Waals surface area (Å²) in [6.45, 7) is 6.94. The van der Waals surface area contributed by atoms with Crippen LogP contribution in [0.3, 0.4) is 0 Å². The van der Waals surface area contributed by atoms with Crippen molar-refractivity contribution in [2.45, 2.75) is 0 Å². The minimum absolute atomic E-state index is 0.0391. The molecule has 0 atom stereocenters. The van der Waals surface area contributed by atoms with Crippen molar-refractivity contribution in [1.82, 2.24) is 0 Å². The molecule has 90 valence electrons. The van der Waals surface area contributed by atoms with E-state index in [1.807, 2.05) is 18.2 Å². The Bertz CT molecular complexity index is 871. The van der Waals surface area contributed by atoms with E-state index in [4.69, 9.17) is 22.4 Å². The molecule has 0 aliphatic heterocycles. The summed E-state index contributed by atoms with van der Waals surface area (Å²) in [5.41, 5.74) is 0.0960. The average molecular weight is 254 g/mol. The van der Waals surface area contributed by atoms with Gasteiger partial charge in [-0.05, 0) is 22.1 Å². The van der Waals surface area contributed by atoms with Gasteiger partial charge in [-0.15, -0.1) is 0 Å². The highest BCUT2D eigenvalue weighted by atomic mass is 14.7. The third-order valence-corrected chi connectivity index (χ3v) is 2.84.